The molecule has 0 unspecified atom stereocenters. The van der Waals surface area contributed by atoms with Gasteiger partial charge in [-0.2, -0.15) is 0 Å². The second kappa shape index (κ2) is 2.20. The number of nitrogens with one attached hydrogen (secondary N) is 3. The van der Waals surface area contributed by atoms with Gasteiger partial charge in [0.2, 0.25) is 0 Å². The molecular formula is C8H11N5. The van der Waals surface area contributed by atoms with Gasteiger partial charge in [0.1, 0.15) is 6.67 Å². The predicted octanol–water partition coefficient (Wildman–Crippen LogP) is 0.545. The minimum absolute atomic E-state index is 0.679. The van der Waals surface area contributed by atoms with Gasteiger partial charge in [-0.15, -0.1) is 0 Å². The molecule has 1 aromatic rings. The van der Waals surface area contributed by atoms with Gasteiger partial charge in [0, 0.05) is 0 Å². The van der Waals surface area contributed by atoms with E-state index in [4.69, 9.17) is 5.84 Å². The fraction of sp³-hybridized carbons (Fsp3) is 0.250. The lowest BCUT2D eigenvalue weighted by molar-refractivity contribution is 0.945. The topological polar surface area (TPSA) is 65.3 Å². The second-order valence-corrected chi connectivity index (χ2v) is 3.25. The molecule has 2 aliphatic heterocycles. The predicted molar refractivity (Wildman–Crippen MR) is 53.7 cm³/mol. The third-order valence-corrected chi connectivity index (χ3v) is 2.44. The number of anilines is 4. The standard InChI is InChI=1S/C8H11N5/c9-13-4-12-7-1-5-6(2-8(7)13)11-3-10-5/h1-2,10-12H,3-4,9H2. The Morgan fingerprint density at radius 2 is 1.85 bits per heavy atom. The van der Waals surface area contributed by atoms with Crippen LogP contribution in [0.5, 0.6) is 0 Å². The second-order valence-electron chi connectivity index (χ2n) is 3.25. The number of rotatable bonds is 0. The number of fused-ring (bicyclic) bond motifs is 2. The largest absolute Gasteiger partial charge is 0.366 e. The summed E-state index contributed by atoms with van der Waals surface area (Å²) in [4.78, 5) is 0. The summed E-state index contributed by atoms with van der Waals surface area (Å²) < 4.78 is 0. The van der Waals surface area contributed by atoms with Crippen LogP contribution in [0.2, 0.25) is 0 Å². The van der Waals surface area contributed by atoms with E-state index in [9.17, 15) is 0 Å². The highest BCUT2D eigenvalue weighted by molar-refractivity contribution is 5.87. The molecule has 3 rings (SSSR count). The van der Waals surface area contributed by atoms with Crippen LogP contribution < -0.4 is 26.8 Å². The van der Waals surface area contributed by atoms with Crippen molar-refractivity contribution in [2.45, 2.75) is 0 Å². The van der Waals surface area contributed by atoms with Crippen molar-refractivity contribution in [2.75, 3.05) is 34.3 Å². The van der Waals surface area contributed by atoms with Crippen LogP contribution in [-0.2, 0) is 0 Å². The third kappa shape index (κ3) is 0.844. The summed E-state index contributed by atoms with van der Waals surface area (Å²) in [5.74, 6) is 5.76. The van der Waals surface area contributed by atoms with Crippen LogP contribution in [0.1, 0.15) is 0 Å². The van der Waals surface area contributed by atoms with Crippen molar-refractivity contribution in [3.63, 3.8) is 0 Å². The minimum atomic E-state index is 0.679. The van der Waals surface area contributed by atoms with Gasteiger partial charge in [-0.25, -0.2) is 5.84 Å². The van der Waals surface area contributed by atoms with E-state index in [0.717, 1.165) is 29.4 Å². The van der Waals surface area contributed by atoms with E-state index in [-0.39, 0.29) is 0 Å². The lowest BCUT2D eigenvalue weighted by Gasteiger charge is -2.10. The van der Waals surface area contributed by atoms with E-state index in [1.165, 1.54) is 0 Å². The molecule has 5 heteroatoms. The highest BCUT2D eigenvalue weighted by Crippen LogP contribution is 2.38. The van der Waals surface area contributed by atoms with Crippen molar-refractivity contribution in [3.8, 4) is 0 Å². The van der Waals surface area contributed by atoms with Crippen molar-refractivity contribution in [1.82, 2.24) is 0 Å². The van der Waals surface area contributed by atoms with Crippen LogP contribution in [0.4, 0.5) is 22.7 Å². The summed E-state index contributed by atoms with van der Waals surface area (Å²) in [5, 5.41) is 11.4. The summed E-state index contributed by atoms with van der Waals surface area (Å²) >= 11 is 0. The number of hydrogen-bond acceptors (Lipinski definition) is 5. The van der Waals surface area contributed by atoms with Crippen molar-refractivity contribution in [2.24, 2.45) is 5.84 Å². The Morgan fingerprint density at radius 3 is 2.69 bits per heavy atom. The summed E-state index contributed by atoms with van der Waals surface area (Å²) in [5.41, 5.74) is 4.41. The molecule has 2 heterocycles. The minimum Gasteiger partial charge on any atom is -0.366 e. The lowest BCUT2D eigenvalue weighted by atomic mass is 10.2. The van der Waals surface area contributed by atoms with Gasteiger partial charge in [0.25, 0.3) is 0 Å². The molecule has 1 aromatic carbocycles. The van der Waals surface area contributed by atoms with E-state index in [0.29, 0.717) is 6.67 Å². The molecule has 0 spiro atoms. The maximum Gasteiger partial charge on any atom is 0.103 e. The van der Waals surface area contributed by atoms with E-state index >= 15 is 0 Å². The van der Waals surface area contributed by atoms with Gasteiger partial charge in [0.05, 0.1) is 29.4 Å². The molecule has 0 aromatic heterocycles. The zero-order valence-electron chi connectivity index (χ0n) is 7.09. The van der Waals surface area contributed by atoms with Crippen LogP contribution in [0.3, 0.4) is 0 Å². The molecule has 0 amide bonds. The Balaban J connectivity index is 2.16. The zero-order valence-corrected chi connectivity index (χ0v) is 7.09. The molecule has 13 heavy (non-hydrogen) atoms. The summed E-state index contributed by atoms with van der Waals surface area (Å²) in [6, 6.07) is 4.14. The van der Waals surface area contributed by atoms with Gasteiger partial charge >= 0.3 is 0 Å². The maximum atomic E-state index is 5.76. The summed E-state index contributed by atoms with van der Waals surface area (Å²) in [7, 11) is 0. The van der Waals surface area contributed by atoms with Crippen LogP contribution in [0.25, 0.3) is 0 Å². The summed E-state index contributed by atoms with van der Waals surface area (Å²) in [6.07, 6.45) is 0. The Labute approximate surface area is 75.9 Å². The van der Waals surface area contributed by atoms with Gasteiger partial charge in [-0.05, 0) is 12.1 Å². The molecule has 68 valence electrons. The summed E-state index contributed by atoms with van der Waals surface area (Å²) in [6.45, 7) is 1.47. The molecule has 0 saturated carbocycles. The number of benzene rings is 1. The highest BCUT2D eigenvalue weighted by Gasteiger charge is 2.20. The van der Waals surface area contributed by atoms with Crippen molar-refractivity contribution in [1.29, 1.82) is 0 Å². The first-order valence-corrected chi connectivity index (χ1v) is 4.26. The highest BCUT2D eigenvalue weighted by atomic mass is 15.5. The first-order chi connectivity index (χ1) is 6.34. The number of nitrogens with zero attached hydrogens (tertiary/aromatic N) is 1. The molecule has 2 aliphatic rings. The Hall–Kier alpha value is -1.62. The smallest absolute Gasteiger partial charge is 0.103 e. The molecule has 0 bridgehead atoms. The fourth-order valence-corrected chi connectivity index (χ4v) is 1.75. The van der Waals surface area contributed by atoms with Crippen molar-refractivity contribution < 1.29 is 0 Å². The number of nitrogens with two attached hydrogens (primary N) is 1. The molecular weight excluding hydrogens is 166 g/mol. The monoisotopic (exact) mass is 177 g/mol. The van der Waals surface area contributed by atoms with Crippen molar-refractivity contribution >= 4 is 22.7 Å². The number of hydrazine groups is 1. The first kappa shape index (κ1) is 6.85. The average Bonchev–Trinajstić information content (AvgIpc) is 2.70. The number of hydrogen-bond donors (Lipinski definition) is 4. The van der Waals surface area contributed by atoms with Crippen LogP contribution in [0.15, 0.2) is 12.1 Å². The molecule has 0 saturated heterocycles. The fourth-order valence-electron chi connectivity index (χ4n) is 1.75. The van der Waals surface area contributed by atoms with Crippen LogP contribution >= 0.6 is 0 Å². The Morgan fingerprint density at radius 1 is 1.08 bits per heavy atom. The molecule has 0 atom stereocenters. The van der Waals surface area contributed by atoms with Gasteiger partial charge in [0.15, 0.2) is 0 Å². The molecule has 0 radical (unpaired) electrons. The van der Waals surface area contributed by atoms with Gasteiger partial charge in [-0.3, -0.25) is 5.01 Å². The molecule has 5 nitrogen and oxygen atoms in total. The van der Waals surface area contributed by atoms with Crippen molar-refractivity contribution in [3.05, 3.63) is 12.1 Å². The van der Waals surface area contributed by atoms with Crippen LogP contribution in [-0.4, -0.2) is 13.3 Å². The van der Waals surface area contributed by atoms with Gasteiger partial charge in [-0.1, -0.05) is 0 Å². The maximum absolute atomic E-state index is 5.76. The lowest BCUT2D eigenvalue weighted by Crippen LogP contribution is -2.29. The van der Waals surface area contributed by atoms with E-state index in [2.05, 4.69) is 28.1 Å². The average molecular weight is 177 g/mol. The Kier molecular flexibility index (Phi) is 1.16. The van der Waals surface area contributed by atoms with E-state index in [1.54, 1.807) is 5.01 Å². The van der Waals surface area contributed by atoms with E-state index < -0.39 is 0 Å². The molecule has 5 N–H and O–H groups in total. The first-order valence-electron chi connectivity index (χ1n) is 4.26. The normalized spacial score (nSPS) is 17.2. The zero-order chi connectivity index (χ0) is 8.84. The SMILES string of the molecule is NN1CNc2cc3c(cc21)NCN3. The molecule has 0 aliphatic carbocycles. The van der Waals surface area contributed by atoms with Gasteiger partial charge < -0.3 is 16.0 Å². The van der Waals surface area contributed by atoms with Crippen LogP contribution in [0, 0.1) is 0 Å². The van der Waals surface area contributed by atoms with E-state index in [1.807, 2.05) is 0 Å². The molecule has 0 fully saturated rings. The Bertz CT molecular complexity index is 362. The third-order valence-electron chi connectivity index (χ3n) is 2.44. The quantitative estimate of drug-likeness (QED) is 0.436.